The number of hydrogen-bond acceptors (Lipinski definition) is 4. The van der Waals surface area contributed by atoms with Crippen LogP contribution in [0.5, 0.6) is 0 Å². The average Bonchev–Trinajstić information content (AvgIpc) is 2.48. The van der Waals surface area contributed by atoms with Crippen molar-refractivity contribution in [3.63, 3.8) is 0 Å². The molecule has 0 unspecified atom stereocenters. The molecular formula is C15H17ClN4O. The van der Waals surface area contributed by atoms with Gasteiger partial charge in [0.1, 0.15) is 5.82 Å². The predicted molar refractivity (Wildman–Crippen MR) is 85.1 cm³/mol. The van der Waals surface area contributed by atoms with E-state index in [1.54, 1.807) is 37.5 Å². The first kappa shape index (κ1) is 15.3. The summed E-state index contributed by atoms with van der Waals surface area (Å²) < 4.78 is 0. The third kappa shape index (κ3) is 3.49. The lowest BCUT2D eigenvalue weighted by Crippen LogP contribution is -2.18. The summed E-state index contributed by atoms with van der Waals surface area (Å²) in [5.74, 6) is 0.442. The number of nitrogens with one attached hydrogen (secondary N) is 2. The molecule has 0 fully saturated rings. The Bertz CT molecular complexity index is 658. The molecule has 0 aliphatic rings. The van der Waals surface area contributed by atoms with Crippen molar-refractivity contribution < 1.29 is 4.79 Å². The molecule has 0 spiro atoms. The fourth-order valence-electron chi connectivity index (χ4n) is 1.77. The molecule has 2 aromatic rings. The fraction of sp³-hybridized carbons (Fsp3) is 0.267. The van der Waals surface area contributed by atoms with E-state index in [1.807, 2.05) is 13.8 Å². The standard InChI is InChI=1S/C15H17ClN4O/c1-9(2)14-18-8-12(17-3)13(20-14)15(21)19-11-7-5-4-6-10(11)16/h4-9,17H,1-3H3,(H,19,21). The van der Waals surface area contributed by atoms with Gasteiger partial charge in [-0.05, 0) is 12.1 Å². The van der Waals surface area contributed by atoms with Gasteiger partial charge in [-0.2, -0.15) is 0 Å². The molecule has 0 aliphatic carbocycles. The highest BCUT2D eigenvalue weighted by Crippen LogP contribution is 2.22. The Morgan fingerprint density at radius 3 is 2.57 bits per heavy atom. The summed E-state index contributed by atoms with van der Waals surface area (Å²) in [6, 6.07) is 7.07. The SMILES string of the molecule is CNc1cnc(C(C)C)nc1C(=O)Nc1ccccc1Cl. The van der Waals surface area contributed by atoms with E-state index in [1.165, 1.54) is 0 Å². The van der Waals surface area contributed by atoms with Gasteiger partial charge in [-0.15, -0.1) is 0 Å². The van der Waals surface area contributed by atoms with E-state index in [2.05, 4.69) is 20.6 Å². The molecule has 6 heteroatoms. The first-order valence-electron chi connectivity index (χ1n) is 6.63. The Morgan fingerprint density at radius 1 is 1.24 bits per heavy atom. The lowest BCUT2D eigenvalue weighted by molar-refractivity contribution is 0.102. The highest BCUT2D eigenvalue weighted by molar-refractivity contribution is 6.33. The summed E-state index contributed by atoms with van der Waals surface area (Å²) in [6.07, 6.45) is 1.61. The molecule has 0 saturated carbocycles. The van der Waals surface area contributed by atoms with Gasteiger partial charge in [0.15, 0.2) is 5.69 Å². The van der Waals surface area contributed by atoms with Gasteiger partial charge in [0.25, 0.3) is 5.91 Å². The van der Waals surface area contributed by atoms with Crippen molar-refractivity contribution in [3.05, 3.63) is 47.0 Å². The van der Waals surface area contributed by atoms with E-state index in [0.717, 1.165) is 0 Å². The second kappa shape index (κ2) is 6.54. The summed E-state index contributed by atoms with van der Waals surface area (Å²) >= 11 is 6.05. The Hall–Kier alpha value is -2.14. The first-order chi connectivity index (χ1) is 10.0. The van der Waals surface area contributed by atoms with Crippen LogP contribution in [0, 0.1) is 0 Å². The number of carbonyl (C=O) groups is 1. The molecule has 1 aromatic heterocycles. The van der Waals surface area contributed by atoms with Gasteiger partial charge in [0.2, 0.25) is 0 Å². The number of aromatic nitrogens is 2. The van der Waals surface area contributed by atoms with Gasteiger partial charge in [-0.25, -0.2) is 9.97 Å². The second-order valence-electron chi connectivity index (χ2n) is 4.83. The van der Waals surface area contributed by atoms with Crippen LogP contribution in [0.2, 0.25) is 5.02 Å². The summed E-state index contributed by atoms with van der Waals surface area (Å²) in [6.45, 7) is 3.95. The number of halogens is 1. The number of amides is 1. The largest absolute Gasteiger partial charge is 0.385 e. The lowest BCUT2D eigenvalue weighted by Gasteiger charge is -2.12. The zero-order valence-electron chi connectivity index (χ0n) is 12.1. The lowest BCUT2D eigenvalue weighted by atomic mass is 10.2. The van der Waals surface area contributed by atoms with Gasteiger partial charge < -0.3 is 10.6 Å². The summed E-state index contributed by atoms with van der Waals surface area (Å²) in [5, 5.41) is 6.17. The Morgan fingerprint density at radius 2 is 1.95 bits per heavy atom. The average molecular weight is 305 g/mol. The minimum Gasteiger partial charge on any atom is -0.385 e. The van der Waals surface area contributed by atoms with Crippen LogP contribution in [0.1, 0.15) is 36.1 Å². The number of hydrogen-bond donors (Lipinski definition) is 2. The molecule has 0 bridgehead atoms. The van der Waals surface area contributed by atoms with Crippen molar-refractivity contribution >= 4 is 28.9 Å². The van der Waals surface area contributed by atoms with Gasteiger partial charge in [0.05, 0.1) is 22.6 Å². The van der Waals surface area contributed by atoms with Crippen molar-refractivity contribution in [1.29, 1.82) is 0 Å². The van der Waals surface area contributed by atoms with Crippen molar-refractivity contribution in [1.82, 2.24) is 9.97 Å². The van der Waals surface area contributed by atoms with Crippen molar-refractivity contribution in [3.8, 4) is 0 Å². The monoisotopic (exact) mass is 304 g/mol. The maximum atomic E-state index is 12.4. The number of para-hydroxylation sites is 1. The molecule has 1 heterocycles. The van der Waals surface area contributed by atoms with Gasteiger partial charge >= 0.3 is 0 Å². The van der Waals surface area contributed by atoms with Crippen LogP contribution in [0.3, 0.4) is 0 Å². The number of anilines is 2. The molecular weight excluding hydrogens is 288 g/mol. The van der Waals surface area contributed by atoms with Crippen molar-refractivity contribution in [2.24, 2.45) is 0 Å². The van der Waals surface area contributed by atoms with E-state index in [9.17, 15) is 4.79 Å². The molecule has 0 aliphatic heterocycles. The quantitative estimate of drug-likeness (QED) is 0.906. The molecule has 0 saturated heterocycles. The smallest absolute Gasteiger partial charge is 0.276 e. The fourth-order valence-corrected chi connectivity index (χ4v) is 1.96. The molecule has 1 aromatic carbocycles. The Kier molecular flexibility index (Phi) is 4.75. The van der Waals surface area contributed by atoms with Crippen LogP contribution in [0.25, 0.3) is 0 Å². The maximum absolute atomic E-state index is 12.4. The van der Waals surface area contributed by atoms with E-state index >= 15 is 0 Å². The minimum absolute atomic E-state index is 0.141. The minimum atomic E-state index is -0.322. The number of benzene rings is 1. The second-order valence-corrected chi connectivity index (χ2v) is 5.24. The summed E-state index contributed by atoms with van der Waals surface area (Å²) in [5.41, 5.74) is 1.43. The van der Waals surface area contributed by atoms with Crippen LogP contribution < -0.4 is 10.6 Å². The van der Waals surface area contributed by atoms with Gasteiger partial charge in [-0.1, -0.05) is 37.6 Å². The van der Waals surface area contributed by atoms with Crippen LogP contribution in [0.4, 0.5) is 11.4 Å². The molecule has 110 valence electrons. The molecule has 5 nitrogen and oxygen atoms in total. The van der Waals surface area contributed by atoms with E-state index in [4.69, 9.17) is 11.6 Å². The van der Waals surface area contributed by atoms with Crippen LogP contribution >= 0.6 is 11.6 Å². The Balaban J connectivity index is 2.34. The van der Waals surface area contributed by atoms with E-state index in [-0.39, 0.29) is 11.8 Å². The topological polar surface area (TPSA) is 66.9 Å². The molecule has 0 radical (unpaired) electrons. The normalized spacial score (nSPS) is 10.5. The number of rotatable bonds is 4. The summed E-state index contributed by atoms with van der Waals surface area (Å²) in [4.78, 5) is 21.0. The predicted octanol–water partition coefficient (Wildman–Crippen LogP) is 3.55. The van der Waals surface area contributed by atoms with E-state index in [0.29, 0.717) is 27.9 Å². The van der Waals surface area contributed by atoms with Gasteiger partial charge in [-0.3, -0.25) is 4.79 Å². The molecule has 21 heavy (non-hydrogen) atoms. The van der Waals surface area contributed by atoms with Crippen LogP contribution in [-0.2, 0) is 0 Å². The highest BCUT2D eigenvalue weighted by atomic mass is 35.5. The molecule has 0 atom stereocenters. The third-order valence-electron chi connectivity index (χ3n) is 2.93. The molecule has 2 N–H and O–H groups in total. The maximum Gasteiger partial charge on any atom is 0.276 e. The molecule has 2 rings (SSSR count). The highest BCUT2D eigenvalue weighted by Gasteiger charge is 2.16. The third-order valence-corrected chi connectivity index (χ3v) is 3.26. The zero-order chi connectivity index (χ0) is 15.4. The first-order valence-corrected chi connectivity index (χ1v) is 7.01. The number of carbonyl (C=O) groups excluding carboxylic acids is 1. The molecule has 1 amide bonds. The van der Waals surface area contributed by atoms with Crippen LogP contribution in [-0.4, -0.2) is 22.9 Å². The number of nitrogens with zero attached hydrogens (tertiary/aromatic N) is 2. The summed E-state index contributed by atoms with van der Waals surface area (Å²) in [7, 11) is 1.72. The van der Waals surface area contributed by atoms with Crippen LogP contribution in [0.15, 0.2) is 30.5 Å². The van der Waals surface area contributed by atoms with E-state index < -0.39 is 0 Å². The zero-order valence-corrected chi connectivity index (χ0v) is 12.9. The van der Waals surface area contributed by atoms with Crippen molar-refractivity contribution in [2.75, 3.05) is 17.7 Å². The Labute approximate surface area is 128 Å². The van der Waals surface area contributed by atoms with Crippen molar-refractivity contribution in [2.45, 2.75) is 19.8 Å². The van der Waals surface area contributed by atoms with Gasteiger partial charge in [0, 0.05) is 13.0 Å².